The summed E-state index contributed by atoms with van der Waals surface area (Å²) in [4.78, 5) is 14.5. The molecule has 2 aliphatic heterocycles. The number of urea groups is 1. The Hall–Kier alpha value is -1.75. The molecular formula is C19H29N3O2. The molecule has 0 unspecified atom stereocenters. The van der Waals surface area contributed by atoms with Crippen molar-refractivity contribution in [2.24, 2.45) is 0 Å². The van der Waals surface area contributed by atoms with Crippen molar-refractivity contribution < 1.29 is 9.53 Å². The smallest absolute Gasteiger partial charge is 0.315 e. The van der Waals surface area contributed by atoms with Crippen LogP contribution >= 0.6 is 0 Å². The third kappa shape index (κ3) is 4.63. The normalized spacial score (nSPS) is 21.7. The number of nitrogens with one attached hydrogen (secondary N) is 2. The van der Waals surface area contributed by atoms with Crippen molar-refractivity contribution >= 4 is 11.7 Å². The zero-order valence-corrected chi connectivity index (χ0v) is 14.6. The lowest BCUT2D eigenvalue weighted by atomic mass is 10.1. The van der Waals surface area contributed by atoms with Crippen LogP contribution in [0.25, 0.3) is 0 Å². The monoisotopic (exact) mass is 331 g/mol. The van der Waals surface area contributed by atoms with E-state index in [1.807, 2.05) is 6.92 Å². The van der Waals surface area contributed by atoms with Gasteiger partial charge in [-0.2, -0.15) is 0 Å². The van der Waals surface area contributed by atoms with Crippen LogP contribution in [0, 0.1) is 0 Å². The van der Waals surface area contributed by atoms with E-state index in [1.165, 1.54) is 18.5 Å². The molecule has 0 aliphatic carbocycles. The molecule has 1 aromatic carbocycles. The number of carbonyl (C=O) groups is 1. The Balaban J connectivity index is 1.45. The molecule has 2 atom stereocenters. The van der Waals surface area contributed by atoms with Gasteiger partial charge in [-0.1, -0.05) is 12.1 Å². The van der Waals surface area contributed by atoms with Gasteiger partial charge < -0.3 is 20.3 Å². The average Bonchev–Trinajstić information content (AvgIpc) is 3.29. The van der Waals surface area contributed by atoms with Crippen molar-refractivity contribution in [2.45, 2.75) is 51.2 Å². The third-order valence-electron chi connectivity index (χ3n) is 4.96. The van der Waals surface area contributed by atoms with Crippen LogP contribution in [0.4, 0.5) is 10.5 Å². The summed E-state index contributed by atoms with van der Waals surface area (Å²) in [6.07, 6.45) is 6.01. The maximum Gasteiger partial charge on any atom is 0.315 e. The van der Waals surface area contributed by atoms with Gasteiger partial charge >= 0.3 is 6.03 Å². The van der Waals surface area contributed by atoms with E-state index in [0.29, 0.717) is 12.6 Å². The van der Waals surface area contributed by atoms with E-state index in [9.17, 15) is 4.79 Å². The molecular weight excluding hydrogens is 302 g/mol. The highest BCUT2D eigenvalue weighted by atomic mass is 16.5. The van der Waals surface area contributed by atoms with Crippen LogP contribution in [-0.2, 0) is 4.74 Å². The predicted molar refractivity (Wildman–Crippen MR) is 96.4 cm³/mol. The minimum atomic E-state index is -0.105. The first kappa shape index (κ1) is 17.1. The summed E-state index contributed by atoms with van der Waals surface area (Å²) in [5.41, 5.74) is 2.41. The van der Waals surface area contributed by atoms with Crippen LogP contribution < -0.4 is 15.5 Å². The van der Waals surface area contributed by atoms with Gasteiger partial charge in [-0.3, -0.25) is 0 Å². The summed E-state index contributed by atoms with van der Waals surface area (Å²) in [6, 6.07) is 8.40. The minimum absolute atomic E-state index is 0.00437. The zero-order chi connectivity index (χ0) is 16.8. The Labute approximate surface area is 144 Å². The molecule has 0 saturated carbocycles. The summed E-state index contributed by atoms with van der Waals surface area (Å²) in [7, 11) is 0. The Kier molecular flexibility index (Phi) is 5.96. The Bertz CT molecular complexity index is 537. The molecule has 2 aliphatic rings. The van der Waals surface area contributed by atoms with Crippen LogP contribution in [0.15, 0.2) is 24.3 Å². The second-order valence-corrected chi connectivity index (χ2v) is 6.83. The molecule has 2 N–H and O–H groups in total. The first-order valence-electron chi connectivity index (χ1n) is 9.23. The van der Waals surface area contributed by atoms with Gasteiger partial charge in [0.15, 0.2) is 0 Å². The van der Waals surface area contributed by atoms with Gasteiger partial charge in [0, 0.05) is 31.9 Å². The van der Waals surface area contributed by atoms with Gasteiger partial charge in [0.25, 0.3) is 0 Å². The van der Waals surface area contributed by atoms with E-state index in [-0.39, 0.29) is 12.1 Å². The van der Waals surface area contributed by atoms with Gasteiger partial charge in [0.1, 0.15) is 0 Å². The van der Waals surface area contributed by atoms with E-state index in [2.05, 4.69) is 39.8 Å². The molecule has 5 nitrogen and oxygen atoms in total. The summed E-state index contributed by atoms with van der Waals surface area (Å²) < 4.78 is 5.57. The maximum atomic E-state index is 12.1. The van der Waals surface area contributed by atoms with E-state index in [4.69, 9.17) is 4.74 Å². The molecule has 3 rings (SSSR count). The average molecular weight is 331 g/mol. The second-order valence-electron chi connectivity index (χ2n) is 6.83. The Morgan fingerprint density at radius 3 is 2.92 bits per heavy atom. The fourth-order valence-electron chi connectivity index (χ4n) is 3.52. The van der Waals surface area contributed by atoms with Crippen molar-refractivity contribution in [1.82, 2.24) is 10.6 Å². The fourth-order valence-corrected chi connectivity index (χ4v) is 3.52. The maximum absolute atomic E-state index is 12.1. The van der Waals surface area contributed by atoms with Crippen molar-refractivity contribution in [3.05, 3.63) is 29.8 Å². The standard InChI is InChI=1S/C19H29N3O2/c1-15(21-19(23)20-10-9-18-8-5-13-24-18)16-6-4-7-17(14-16)22-11-2-3-12-22/h4,6-7,14-15,18H,2-3,5,8-13H2,1H3,(H2,20,21,23)/t15-,18-/m0/s1. The summed E-state index contributed by atoms with van der Waals surface area (Å²) in [5.74, 6) is 0. The number of nitrogens with zero attached hydrogens (tertiary/aromatic N) is 1. The van der Waals surface area contributed by atoms with Crippen molar-refractivity contribution in [3.8, 4) is 0 Å². The lowest BCUT2D eigenvalue weighted by Gasteiger charge is -2.21. The summed E-state index contributed by atoms with van der Waals surface area (Å²) in [5, 5.41) is 5.97. The highest BCUT2D eigenvalue weighted by Gasteiger charge is 2.17. The number of benzene rings is 1. The van der Waals surface area contributed by atoms with Gasteiger partial charge in [-0.15, -0.1) is 0 Å². The molecule has 1 aromatic rings. The van der Waals surface area contributed by atoms with E-state index < -0.39 is 0 Å². The molecule has 0 spiro atoms. The predicted octanol–water partition coefficient (Wildman–Crippen LogP) is 3.22. The van der Waals surface area contributed by atoms with Crippen molar-refractivity contribution in [1.29, 1.82) is 0 Å². The van der Waals surface area contributed by atoms with Gasteiger partial charge in [-0.05, 0) is 56.7 Å². The number of anilines is 1. The molecule has 5 heteroatoms. The topological polar surface area (TPSA) is 53.6 Å². The zero-order valence-electron chi connectivity index (χ0n) is 14.6. The van der Waals surface area contributed by atoms with Gasteiger partial charge in [0.05, 0.1) is 12.1 Å². The Morgan fingerprint density at radius 2 is 2.17 bits per heavy atom. The lowest BCUT2D eigenvalue weighted by Crippen LogP contribution is -2.38. The molecule has 24 heavy (non-hydrogen) atoms. The van der Waals surface area contributed by atoms with Crippen molar-refractivity contribution in [3.63, 3.8) is 0 Å². The van der Waals surface area contributed by atoms with Gasteiger partial charge in [-0.25, -0.2) is 4.79 Å². The number of hydrogen-bond donors (Lipinski definition) is 2. The molecule has 2 amide bonds. The molecule has 132 valence electrons. The molecule has 0 aromatic heterocycles. The van der Waals surface area contributed by atoms with Gasteiger partial charge in [0.2, 0.25) is 0 Å². The first-order valence-corrected chi connectivity index (χ1v) is 9.23. The van der Waals surface area contributed by atoms with E-state index in [0.717, 1.165) is 44.5 Å². The minimum Gasteiger partial charge on any atom is -0.378 e. The number of carbonyl (C=O) groups excluding carboxylic acids is 1. The van der Waals surface area contributed by atoms with Crippen LogP contribution in [0.2, 0.25) is 0 Å². The molecule has 2 heterocycles. The fraction of sp³-hybridized carbons (Fsp3) is 0.632. The molecule has 0 radical (unpaired) electrons. The van der Waals surface area contributed by atoms with E-state index >= 15 is 0 Å². The molecule has 2 fully saturated rings. The second kappa shape index (κ2) is 8.38. The number of hydrogen-bond acceptors (Lipinski definition) is 3. The largest absolute Gasteiger partial charge is 0.378 e. The third-order valence-corrected chi connectivity index (χ3v) is 4.96. The number of rotatable bonds is 6. The summed E-state index contributed by atoms with van der Waals surface area (Å²) >= 11 is 0. The van der Waals surface area contributed by atoms with Crippen molar-refractivity contribution in [2.75, 3.05) is 31.1 Å². The van der Waals surface area contributed by atoms with Crippen LogP contribution in [0.3, 0.4) is 0 Å². The first-order chi connectivity index (χ1) is 11.7. The van der Waals surface area contributed by atoms with Crippen LogP contribution in [0.5, 0.6) is 0 Å². The SMILES string of the molecule is C[C@H](NC(=O)NCC[C@@H]1CCCO1)c1cccc(N2CCCC2)c1. The summed E-state index contributed by atoms with van der Waals surface area (Å²) in [6.45, 7) is 5.82. The Morgan fingerprint density at radius 1 is 1.33 bits per heavy atom. The van der Waals surface area contributed by atoms with E-state index in [1.54, 1.807) is 0 Å². The molecule has 2 saturated heterocycles. The lowest BCUT2D eigenvalue weighted by molar-refractivity contribution is 0.104. The highest BCUT2D eigenvalue weighted by molar-refractivity contribution is 5.74. The highest BCUT2D eigenvalue weighted by Crippen LogP contribution is 2.23. The molecule has 0 bridgehead atoms. The van der Waals surface area contributed by atoms with Crippen LogP contribution in [-0.4, -0.2) is 38.4 Å². The number of amides is 2. The quantitative estimate of drug-likeness (QED) is 0.841. The number of ether oxygens (including phenoxy) is 1. The van der Waals surface area contributed by atoms with Crippen LogP contribution in [0.1, 0.15) is 50.6 Å².